The Labute approximate surface area is 154 Å². The average Bonchev–Trinajstić information content (AvgIpc) is 2.77. The van der Waals surface area contributed by atoms with E-state index < -0.39 is 23.8 Å². The van der Waals surface area contributed by atoms with Crippen molar-refractivity contribution in [3.63, 3.8) is 0 Å². The third kappa shape index (κ3) is 7.54. The van der Waals surface area contributed by atoms with E-state index in [0.29, 0.717) is 31.3 Å². The molecular formula is C20H30O6. The summed E-state index contributed by atoms with van der Waals surface area (Å²) in [5, 5.41) is 28.9. The van der Waals surface area contributed by atoms with Gasteiger partial charge in [0.2, 0.25) is 5.79 Å². The molecule has 1 heterocycles. The summed E-state index contributed by atoms with van der Waals surface area (Å²) in [7, 11) is 0. The van der Waals surface area contributed by atoms with Gasteiger partial charge in [-0.3, -0.25) is 4.79 Å². The van der Waals surface area contributed by atoms with Crippen LogP contribution < -0.4 is 0 Å². The fraction of sp³-hybridized carbons (Fsp3) is 0.600. The first-order valence-corrected chi connectivity index (χ1v) is 9.20. The molecule has 0 aromatic carbocycles. The average molecular weight is 366 g/mol. The number of esters is 1. The number of hydrogen-bond donors (Lipinski definition) is 3. The highest BCUT2D eigenvalue weighted by atomic mass is 16.7. The largest absolute Gasteiger partial charge is 0.481 e. The smallest absolute Gasteiger partial charge is 0.341 e. The van der Waals surface area contributed by atoms with Crippen molar-refractivity contribution in [2.45, 2.75) is 77.1 Å². The number of hydrogen-bond acceptors (Lipinski definition) is 5. The van der Waals surface area contributed by atoms with Crippen molar-refractivity contribution < 1.29 is 29.6 Å². The molecule has 0 amide bonds. The molecule has 26 heavy (non-hydrogen) atoms. The first kappa shape index (κ1) is 22.1. The van der Waals surface area contributed by atoms with Gasteiger partial charge in [-0.15, -0.1) is 0 Å². The lowest BCUT2D eigenvalue weighted by Gasteiger charge is -2.18. The number of carbonyl (C=O) groups excluding carboxylic acids is 1. The second-order valence-corrected chi connectivity index (χ2v) is 6.65. The van der Waals surface area contributed by atoms with Gasteiger partial charge in [0.15, 0.2) is 0 Å². The number of aliphatic hydroxyl groups excluding tert-OH is 1. The summed E-state index contributed by atoms with van der Waals surface area (Å²) in [5.74, 6) is -3.11. The number of aliphatic carboxylic acids is 1. The van der Waals surface area contributed by atoms with Gasteiger partial charge in [-0.05, 0) is 31.8 Å². The van der Waals surface area contributed by atoms with Crippen LogP contribution in [0.3, 0.4) is 0 Å². The third-order valence-corrected chi connectivity index (χ3v) is 4.23. The lowest BCUT2D eigenvalue weighted by molar-refractivity contribution is -0.175. The van der Waals surface area contributed by atoms with E-state index >= 15 is 0 Å². The molecule has 1 aliphatic rings. The van der Waals surface area contributed by atoms with Gasteiger partial charge in [0.05, 0.1) is 11.7 Å². The Morgan fingerprint density at radius 2 is 2.00 bits per heavy atom. The van der Waals surface area contributed by atoms with E-state index in [1.165, 1.54) is 13.0 Å². The van der Waals surface area contributed by atoms with E-state index in [2.05, 4.69) is 6.92 Å². The standard InChI is InChI=1S/C20H30O6/c1-3-4-7-10-15(21)13-14-16-17(20(2,25)26-19(16)24)11-8-5-6-9-12-18(22)23/h5,8,13-15,21,25H,3-4,6-7,9-12H2,1-2H3,(H,22,23)/b8-5-,14-13+/t15-,20?/m0/s1. The van der Waals surface area contributed by atoms with Crippen molar-refractivity contribution in [3.05, 3.63) is 35.5 Å². The number of rotatable bonds is 12. The number of allylic oxidation sites excluding steroid dienone is 2. The summed E-state index contributed by atoms with van der Waals surface area (Å²) in [4.78, 5) is 22.5. The maximum atomic E-state index is 12.0. The molecule has 0 saturated carbocycles. The van der Waals surface area contributed by atoms with Gasteiger partial charge in [-0.1, -0.05) is 44.4 Å². The number of carbonyl (C=O) groups is 2. The maximum Gasteiger partial charge on any atom is 0.341 e. The number of aliphatic hydroxyl groups is 2. The molecule has 6 nitrogen and oxygen atoms in total. The van der Waals surface area contributed by atoms with E-state index in [0.717, 1.165) is 19.3 Å². The molecule has 1 rings (SSSR count). The maximum absolute atomic E-state index is 12.0. The Balaban J connectivity index is 2.72. The zero-order valence-corrected chi connectivity index (χ0v) is 15.6. The SMILES string of the molecule is CCCCC[C@H](O)/C=C/C1=C(C/C=C\CCCC(=O)O)C(C)(O)OC1=O. The molecule has 0 saturated heterocycles. The normalized spacial score (nSPS) is 21.8. The van der Waals surface area contributed by atoms with E-state index in [4.69, 9.17) is 9.84 Å². The molecular weight excluding hydrogens is 336 g/mol. The van der Waals surface area contributed by atoms with E-state index in [1.807, 2.05) is 6.08 Å². The second-order valence-electron chi connectivity index (χ2n) is 6.65. The van der Waals surface area contributed by atoms with Crippen LogP contribution in [0.5, 0.6) is 0 Å². The van der Waals surface area contributed by atoms with E-state index in [9.17, 15) is 19.8 Å². The van der Waals surface area contributed by atoms with Crippen LogP contribution in [0.2, 0.25) is 0 Å². The minimum atomic E-state index is -1.67. The predicted octanol–water partition coefficient (Wildman–Crippen LogP) is 3.25. The summed E-state index contributed by atoms with van der Waals surface area (Å²) in [6, 6.07) is 0. The van der Waals surface area contributed by atoms with Crippen molar-refractivity contribution in [1.29, 1.82) is 0 Å². The lowest BCUT2D eigenvalue weighted by Crippen LogP contribution is -2.26. The van der Waals surface area contributed by atoms with Crippen molar-refractivity contribution in [3.8, 4) is 0 Å². The monoisotopic (exact) mass is 366 g/mol. The second kappa shape index (κ2) is 10.9. The van der Waals surface area contributed by atoms with Gasteiger partial charge in [0.1, 0.15) is 0 Å². The van der Waals surface area contributed by atoms with Crippen LogP contribution in [0, 0.1) is 0 Å². The van der Waals surface area contributed by atoms with E-state index in [-0.39, 0.29) is 12.0 Å². The summed E-state index contributed by atoms with van der Waals surface area (Å²) in [6.07, 6.45) is 11.3. The molecule has 2 atom stereocenters. The zero-order valence-electron chi connectivity index (χ0n) is 15.6. The molecule has 6 heteroatoms. The van der Waals surface area contributed by atoms with Crippen LogP contribution in [0.1, 0.15) is 65.2 Å². The minimum Gasteiger partial charge on any atom is -0.481 e. The minimum absolute atomic E-state index is 0.107. The number of carboxylic acids is 1. The molecule has 0 aromatic heterocycles. The molecule has 1 unspecified atom stereocenters. The highest BCUT2D eigenvalue weighted by Gasteiger charge is 2.40. The predicted molar refractivity (Wildman–Crippen MR) is 98.3 cm³/mol. The molecule has 3 N–H and O–H groups in total. The zero-order chi connectivity index (χ0) is 19.6. The molecule has 0 aromatic rings. The number of carboxylic acid groups (broad SMARTS) is 1. The van der Waals surface area contributed by atoms with Crippen LogP contribution >= 0.6 is 0 Å². The van der Waals surface area contributed by atoms with Crippen LogP contribution in [0.15, 0.2) is 35.5 Å². The van der Waals surface area contributed by atoms with Gasteiger partial charge in [-0.2, -0.15) is 0 Å². The van der Waals surface area contributed by atoms with Gasteiger partial charge in [-0.25, -0.2) is 4.79 Å². The van der Waals surface area contributed by atoms with Crippen molar-refractivity contribution in [2.75, 3.05) is 0 Å². The van der Waals surface area contributed by atoms with Crippen LogP contribution in [0.25, 0.3) is 0 Å². The molecule has 0 aliphatic carbocycles. The first-order chi connectivity index (χ1) is 12.3. The molecule has 0 spiro atoms. The summed E-state index contributed by atoms with van der Waals surface area (Å²) < 4.78 is 5.01. The quantitative estimate of drug-likeness (QED) is 0.278. The first-order valence-electron chi connectivity index (χ1n) is 9.20. The molecule has 0 radical (unpaired) electrons. The van der Waals surface area contributed by atoms with Gasteiger partial charge >= 0.3 is 11.9 Å². The van der Waals surface area contributed by atoms with Crippen LogP contribution in [-0.4, -0.2) is 39.1 Å². The topological polar surface area (TPSA) is 104 Å². The van der Waals surface area contributed by atoms with Gasteiger partial charge in [0, 0.05) is 18.9 Å². The van der Waals surface area contributed by atoms with E-state index in [1.54, 1.807) is 12.2 Å². The highest BCUT2D eigenvalue weighted by molar-refractivity contribution is 5.95. The fourth-order valence-electron chi connectivity index (χ4n) is 2.74. The Hall–Kier alpha value is -1.92. The van der Waals surface area contributed by atoms with Crippen molar-refractivity contribution in [2.24, 2.45) is 0 Å². The molecule has 0 fully saturated rings. The molecule has 1 aliphatic heterocycles. The Morgan fingerprint density at radius 1 is 1.27 bits per heavy atom. The highest BCUT2D eigenvalue weighted by Crippen LogP contribution is 2.34. The Kier molecular flexibility index (Phi) is 9.30. The van der Waals surface area contributed by atoms with Crippen LogP contribution in [-0.2, 0) is 14.3 Å². The van der Waals surface area contributed by atoms with Crippen molar-refractivity contribution in [1.82, 2.24) is 0 Å². The number of ether oxygens (including phenoxy) is 1. The van der Waals surface area contributed by atoms with Crippen LogP contribution in [0.4, 0.5) is 0 Å². The molecule has 146 valence electrons. The number of cyclic esters (lactones) is 1. The summed E-state index contributed by atoms with van der Waals surface area (Å²) in [5.41, 5.74) is 0.703. The van der Waals surface area contributed by atoms with Gasteiger partial charge in [0.25, 0.3) is 0 Å². The Bertz CT molecular complexity index is 571. The number of unbranched alkanes of at least 4 members (excludes halogenated alkanes) is 3. The summed E-state index contributed by atoms with van der Waals surface area (Å²) >= 11 is 0. The van der Waals surface area contributed by atoms with Gasteiger partial charge < -0.3 is 20.1 Å². The lowest BCUT2D eigenvalue weighted by atomic mass is 9.98. The summed E-state index contributed by atoms with van der Waals surface area (Å²) in [6.45, 7) is 3.50. The third-order valence-electron chi connectivity index (χ3n) is 4.23. The molecule has 0 bridgehead atoms. The Morgan fingerprint density at radius 3 is 2.65 bits per heavy atom. The van der Waals surface area contributed by atoms with Crippen molar-refractivity contribution >= 4 is 11.9 Å². The fourth-order valence-corrected chi connectivity index (χ4v) is 2.74.